The molecule has 0 saturated carbocycles. The van der Waals surface area contributed by atoms with Gasteiger partial charge in [0.2, 0.25) is 0 Å². The average molecular weight is 467 g/mol. The lowest BCUT2D eigenvalue weighted by Crippen LogP contribution is -2.26. The molecule has 0 radical (unpaired) electrons. The van der Waals surface area contributed by atoms with E-state index in [9.17, 15) is 9.90 Å². The van der Waals surface area contributed by atoms with Gasteiger partial charge in [-0.05, 0) is 59.6 Å². The fourth-order valence-electron chi connectivity index (χ4n) is 4.35. The highest BCUT2D eigenvalue weighted by Gasteiger charge is 2.36. The van der Waals surface area contributed by atoms with Crippen LogP contribution in [0.1, 0.15) is 52.7 Å². The summed E-state index contributed by atoms with van der Waals surface area (Å²) in [6, 6.07) is 38.8. The zero-order chi connectivity index (χ0) is 23.6. The first-order chi connectivity index (χ1) is 16.7. The van der Waals surface area contributed by atoms with Gasteiger partial charge in [-0.2, -0.15) is 0 Å². The molecule has 0 aliphatic heterocycles. The molecule has 0 saturated heterocycles. The van der Waals surface area contributed by atoms with Gasteiger partial charge in [0.1, 0.15) is 5.75 Å². The summed E-state index contributed by atoms with van der Waals surface area (Å²) in [4.78, 5) is 12.4. The van der Waals surface area contributed by atoms with E-state index in [2.05, 4.69) is 91.0 Å². The van der Waals surface area contributed by atoms with Crippen LogP contribution < -0.4 is 0 Å². The van der Waals surface area contributed by atoms with Gasteiger partial charge in [0.15, 0.2) is 5.78 Å². The molecule has 0 spiro atoms. The zero-order valence-corrected chi connectivity index (χ0v) is 20.1. The van der Waals surface area contributed by atoms with E-state index in [1.165, 1.54) is 16.7 Å². The van der Waals surface area contributed by atoms with Gasteiger partial charge in [0.05, 0.1) is 4.75 Å². The summed E-state index contributed by atoms with van der Waals surface area (Å²) in [6.45, 7) is 0. The van der Waals surface area contributed by atoms with Crippen LogP contribution in [0.5, 0.6) is 5.75 Å². The molecule has 4 aromatic carbocycles. The predicted octanol–water partition coefficient (Wildman–Crippen LogP) is 7.86. The maximum Gasteiger partial charge on any atom is 0.162 e. The summed E-state index contributed by atoms with van der Waals surface area (Å²) in [5, 5.41) is 9.41. The quantitative estimate of drug-likeness (QED) is 0.139. The fourth-order valence-corrected chi connectivity index (χ4v) is 5.91. The number of Topliss-reactive ketones (excluding diaryl/α,β-unsaturated/α-hetero) is 1. The maximum atomic E-state index is 12.4. The molecule has 4 aromatic rings. The van der Waals surface area contributed by atoms with Crippen molar-refractivity contribution in [3.8, 4) is 5.75 Å². The third-order valence-electron chi connectivity index (χ3n) is 6.10. The highest BCUT2D eigenvalue weighted by molar-refractivity contribution is 8.00. The van der Waals surface area contributed by atoms with Crippen LogP contribution in [0.15, 0.2) is 115 Å². The highest BCUT2D eigenvalue weighted by Crippen LogP contribution is 2.48. The zero-order valence-electron chi connectivity index (χ0n) is 19.3. The molecule has 0 aromatic heterocycles. The minimum Gasteiger partial charge on any atom is -0.508 e. The van der Waals surface area contributed by atoms with Crippen LogP contribution >= 0.6 is 11.8 Å². The van der Waals surface area contributed by atoms with Crippen molar-refractivity contribution >= 4 is 17.5 Å². The minimum atomic E-state index is -0.286. The molecule has 0 aliphatic carbocycles. The molecule has 0 unspecified atom stereocenters. The van der Waals surface area contributed by atoms with Crippen molar-refractivity contribution in [2.24, 2.45) is 0 Å². The highest BCUT2D eigenvalue weighted by atomic mass is 32.2. The molecule has 0 heterocycles. The van der Waals surface area contributed by atoms with E-state index in [4.69, 9.17) is 0 Å². The number of phenols is 1. The number of hydrogen-bond donors (Lipinski definition) is 1. The van der Waals surface area contributed by atoms with E-state index < -0.39 is 0 Å². The van der Waals surface area contributed by atoms with Crippen LogP contribution in [-0.4, -0.2) is 16.6 Å². The number of ketones is 1. The molecule has 0 bridgehead atoms. The van der Waals surface area contributed by atoms with Crippen molar-refractivity contribution in [1.82, 2.24) is 0 Å². The van der Waals surface area contributed by atoms with Gasteiger partial charge in [0.25, 0.3) is 0 Å². The van der Waals surface area contributed by atoms with Crippen molar-refractivity contribution in [3.63, 3.8) is 0 Å². The summed E-state index contributed by atoms with van der Waals surface area (Å²) in [6.07, 6.45) is 3.46. The van der Waals surface area contributed by atoms with E-state index in [-0.39, 0.29) is 16.3 Å². The SMILES string of the molecule is O=C(CCCCCSC(c1ccccc1)(c1ccccc1)c1ccccc1)c1ccc(O)cc1. The minimum absolute atomic E-state index is 0.139. The molecule has 0 fully saturated rings. The number of thioether (sulfide) groups is 1. The summed E-state index contributed by atoms with van der Waals surface area (Å²) in [5.74, 6) is 1.32. The van der Waals surface area contributed by atoms with Crippen LogP contribution in [-0.2, 0) is 4.75 Å². The van der Waals surface area contributed by atoms with Crippen molar-refractivity contribution in [2.45, 2.75) is 30.4 Å². The van der Waals surface area contributed by atoms with Crippen LogP contribution in [0.3, 0.4) is 0 Å². The summed E-state index contributed by atoms with van der Waals surface area (Å²) >= 11 is 1.97. The number of benzene rings is 4. The van der Waals surface area contributed by atoms with Crippen LogP contribution in [0.2, 0.25) is 0 Å². The summed E-state index contributed by atoms with van der Waals surface area (Å²) < 4.78 is -0.286. The Balaban J connectivity index is 1.46. The molecule has 172 valence electrons. The first kappa shape index (κ1) is 23.8. The van der Waals surface area contributed by atoms with E-state index in [1.54, 1.807) is 24.3 Å². The molecule has 1 N–H and O–H groups in total. The van der Waals surface area contributed by atoms with Crippen molar-refractivity contribution in [2.75, 3.05) is 5.75 Å². The van der Waals surface area contributed by atoms with Gasteiger partial charge in [0, 0.05) is 12.0 Å². The monoisotopic (exact) mass is 466 g/mol. The molecule has 3 heteroatoms. The van der Waals surface area contributed by atoms with Crippen molar-refractivity contribution < 1.29 is 9.90 Å². The first-order valence-corrected chi connectivity index (χ1v) is 12.8. The van der Waals surface area contributed by atoms with E-state index >= 15 is 0 Å². The summed E-state index contributed by atoms with van der Waals surface area (Å²) in [5.41, 5.74) is 4.50. The Hall–Kier alpha value is -3.30. The Bertz CT molecular complexity index is 1060. The number of hydrogen-bond acceptors (Lipinski definition) is 3. The van der Waals surface area contributed by atoms with E-state index in [0.29, 0.717) is 12.0 Å². The second-order valence-corrected chi connectivity index (χ2v) is 9.72. The first-order valence-electron chi connectivity index (χ1n) is 11.8. The number of rotatable bonds is 11. The third-order valence-corrected chi connectivity index (χ3v) is 7.73. The Labute approximate surface area is 206 Å². The molecule has 2 nitrogen and oxygen atoms in total. The van der Waals surface area contributed by atoms with Gasteiger partial charge in [-0.15, -0.1) is 11.8 Å². The summed E-state index contributed by atoms with van der Waals surface area (Å²) in [7, 11) is 0. The molecular weight excluding hydrogens is 436 g/mol. The smallest absolute Gasteiger partial charge is 0.162 e. The van der Waals surface area contributed by atoms with Gasteiger partial charge >= 0.3 is 0 Å². The number of aromatic hydroxyl groups is 1. The van der Waals surface area contributed by atoms with E-state index in [0.717, 1.165) is 25.0 Å². The Morgan fingerprint density at radius 1 is 0.618 bits per heavy atom. The van der Waals surface area contributed by atoms with Crippen LogP contribution in [0, 0.1) is 0 Å². The van der Waals surface area contributed by atoms with Gasteiger partial charge < -0.3 is 5.11 Å². The number of phenolic OH excluding ortho intramolecular Hbond substituents is 1. The second-order valence-electron chi connectivity index (χ2n) is 8.41. The molecule has 0 aliphatic rings. The van der Waals surface area contributed by atoms with Gasteiger partial charge in [-0.25, -0.2) is 0 Å². The predicted molar refractivity (Wildman–Crippen MR) is 143 cm³/mol. The number of carbonyl (C=O) groups is 1. The maximum absolute atomic E-state index is 12.4. The molecule has 4 rings (SSSR count). The largest absolute Gasteiger partial charge is 0.508 e. The molecule has 34 heavy (non-hydrogen) atoms. The third kappa shape index (κ3) is 5.60. The van der Waals surface area contributed by atoms with E-state index in [1.807, 2.05) is 11.8 Å². The topological polar surface area (TPSA) is 37.3 Å². The van der Waals surface area contributed by atoms with Crippen molar-refractivity contribution in [3.05, 3.63) is 138 Å². The number of carbonyl (C=O) groups excluding carboxylic acids is 1. The Morgan fingerprint density at radius 2 is 1.09 bits per heavy atom. The lowest BCUT2D eigenvalue weighted by Gasteiger charge is -2.35. The number of unbranched alkanes of at least 4 members (excludes halogenated alkanes) is 2. The molecular formula is C31H30O2S. The van der Waals surface area contributed by atoms with Gasteiger partial charge in [-0.3, -0.25) is 4.79 Å². The standard InChI is InChI=1S/C31H30O2S/c32-29-22-20-25(21-23-29)30(33)19-11-4-12-24-34-31(26-13-5-1-6-14-26,27-15-7-2-8-16-27)28-17-9-3-10-18-28/h1-3,5-10,13-18,20-23,32H,4,11-12,19,24H2. The molecule has 0 amide bonds. The lowest BCUT2D eigenvalue weighted by molar-refractivity contribution is 0.0979. The van der Waals surface area contributed by atoms with Gasteiger partial charge in [-0.1, -0.05) is 97.4 Å². The molecule has 0 atom stereocenters. The lowest BCUT2D eigenvalue weighted by atomic mass is 9.84. The Kier molecular flexibility index (Phi) is 8.21. The average Bonchev–Trinajstić information content (AvgIpc) is 2.90. The fraction of sp³-hybridized carbons (Fsp3) is 0.194. The second kappa shape index (κ2) is 11.7. The normalized spacial score (nSPS) is 11.3. The Morgan fingerprint density at radius 3 is 1.56 bits per heavy atom. The van der Waals surface area contributed by atoms with Crippen LogP contribution in [0.25, 0.3) is 0 Å². The van der Waals surface area contributed by atoms with Crippen molar-refractivity contribution in [1.29, 1.82) is 0 Å². The van der Waals surface area contributed by atoms with Crippen LogP contribution in [0.4, 0.5) is 0 Å².